The molecular formula is C20H21N5OS. The van der Waals surface area contributed by atoms with Crippen molar-refractivity contribution >= 4 is 23.5 Å². The van der Waals surface area contributed by atoms with Gasteiger partial charge in [0.25, 0.3) is 5.95 Å². The van der Waals surface area contributed by atoms with E-state index in [2.05, 4.69) is 32.5 Å². The lowest BCUT2D eigenvalue weighted by atomic mass is 10.0. The first-order valence-corrected chi connectivity index (χ1v) is 9.81. The van der Waals surface area contributed by atoms with Crippen molar-refractivity contribution in [2.75, 3.05) is 5.32 Å². The fourth-order valence-corrected chi connectivity index (χ4v) is 4.67. The van der Waals surface area contributed by atoms with Gasteiger partial charge in [-0.3, -0.25) is 4.79 Å². The van der Waals surface area contributed by atoms with E-state index in [9.17, 15) is 4.79 Å². The molecule has 0 radical (unpaired) electrons. The van der Waals surface area contributed by atoms with Gasteiger partial charge in [0.1, 0.15) is 5.82 Å². The van der Waals surface area contributed by atoms with Gasteiger partial charge in [0.15, 0.2) is 0 Å². The van der Waals surface area contributed by atoms with Crippen molar-refractivity contribution in [1.29, 1.82) is 0 Å². The van der Waals surface area contributed by atoms with Gasteiger partial charge in [-0.05, 0) is 39.3 Å². The minimum Gasteiger partial charge on any atom is -0.309 e. The largest absolute Gasteiger partial charge is 0.309 e. The first kappa shape index (κ1) is 17.7. The number of amides is 1. The van der Waals surface area contributed by atoms with Gasteiger partial charge in [0.05, 0.1) is 16.2 Å². The molecule has 1 aliphatic rings. The van der Waals surface area contributed by atoms with E-state index < -0.39 is 0 Å². The van der Waals surface area contributed by atoms with Crippen LogP contribution in [0.2, 0.25) is 0 Å². The number of thioether (sulfide) groups is 1. The first-order valence-electron chi connectivity index (χ1n) is 8.87. The molecule has 0 fully saturated rings. The zero-order chi connectivity index (χ0) is 19.1. The van der Waals surface area contributed by atoms with Crippen LogP contribution in [0.4, 0.5) is 5.82 Å². The van der Waals surface area contributed by atoms with Gasteiger partial charge in [-0.2, -0.15) is 9.78 Å². The molecule has 138 valence electrons. The summed E-state index contributed by atoms with van der Waals surface area (Å²) in [4.78, 5) is 21.7. The van der Waals surface area contributed by atoms with E-state index in [-0.39, 0.29) is 16.4 Å². The highest BCUT2D eigenvalue weighted by Gasteiger charge is 2.34. The Labute approximate surface area is 162 Å². The minimum absolute atomic E-state index is 0.00908. The van der Waals surface area contributed by atoms with Crippen LogP contribution in [0.3, 0.4) is 0 Å². The Balaban J connectivity index is 1.93. The number of fused-ring (bicyclic) bond motifs is 1. The molecular weight excluding hydrogens is 358 g/mol. The highest BCUT2D eigenvalue weighted by Crippen LogP contribution is 2.45. The molecule has 2 atom stereocenters. The van der Waals surface area contributed by atoms with Crippen molar-refractivity contribution in [1.82, 2.24) is 19.7 Å². The van der Waals surface area contributed by atoms with Crippen molar-refractivity contribution in [2.24, 2.45) is 0 Å². The lowest BCUT2D eigenvalue weighted by Crippen LogP contribution is -2.23. The topological polar surface area (TPSA) is 72.7 Å². The van der Waals surface area contributed by atoms with Crippen LogP contribution in [0.1, 0.15) is 40.4 Å². The molecule has 1 amide bonds. The molecule has 7 heteroatoms. The molecule has 1 aliphatic heterocycles. The van der Waals surface area contributed by atoms with Crippen LogP contribution in [-0.4, -0.2) is 30.9 Å². The first-order chi connectivity index (χ1) is 12.9. The number of anilines is 1. The number of hydrogen-bond acceptors (Lipinski definition) is 5. The molecule has 4 rings (SSSR count). The van der Waals surface area contributed by atoms with Gasteiger partial charge in [-0.1, -0.05) is 30.3 Å². The molecule has 3 aromatic rings. The second-order valence-corrected chi connectivity index (χ2v) is 8.22. The van der Waals surface area contributed by atoms with Gasteiger partial charge < -0.3 is 5.32 Å². The van der Waals surface area contributed by atoms with Crippen LogP contribution in [0.5, 0.6) is 0 Å². The highest BCUT2D eigenvalue weighted by atomic mass is 32.2. The van der Waals surface area contributed by atoms with E-state index in [0.717, 1.165) is 28.2 Å². The molecule has 0 saturated heterocycles. The van der Waals surface area contributed by atoms with Crippen LogP contribution in [-0.2, 0) is 4.79 Å². The summed E-state index contributed by atoms with van der Waals surface area (Å²) in [7, 11) is 0. The van der Waals surface area contributed by atoms with Crippen molar-refractivity contribution in [3.8, 4) is 5.95 Å². The van der Waals surface area contributed by atoms with E-state index in [0.29, 0.717) is 11.8 Å². The Morgan fingerprint density at radius 3 is 2.41 bits per heavy atom. The summed E-state index contributed by atoms with van der Waals surface area (Å²) in [6.45, 7) is 7.76. The van der Waals surface area contributed by atoms with Crippen LogP contribution in [0, 0.1) is 20.8 Å². The second kappa shape index (κ2) is 6.81. The number of benzene rings is 1. The SMILES string of the molecule is Cc1cc(C)nc(-n2nc(C)c3c2NC(=O)[C@@H](C)S[C@H]3c2ccccc2)n1. The summed E-state index contributed by atoms with van der Waals surface area (Å²) in [6, 6.07) is 12.1. The Bertz CT molecular complexity index is 994. The van der Waals surface area contributed by atoms with Crippen molar-refractivity contribution < 1.29 is 4.79 Å². The summed E-state index contributed by atoms with van der Waals surface area (Å²) >= 11 is 1.63. The van der Waals surface area contributed by atoms with Crippen LogP contribution >= 0.6 is 11.8 Å². The lowest BCUT2D eigenvalue weighted by molar-refractivity contribution is -0.115. The maximum Gasteiger partial charge on any atom is 0.252 e. The standard InChI is InChI=1S/C20H21N5OS/c1-11-10-12(2)22-20(21-11)25-18-16(13(3)24-25)17(15-8-6-5-7-9-15)27-14(4)19(26)23-18/h5-10,14,17H,1-4H3,(H,23,26)/t14-,17+/m1/s1. The van der Waals surface area contributed by atoms with Gasteiger partial charge in [0.2, 0.25) is 5.91 Å². The smallest absolute Gasteiger partial charge is 0.252 e. The van der Waals surface area contributed by atoms with Crippen molar-refractivity contribution in [2.45, 2.75) is 38.2 Å². The molecule has 0 aliphatic carbocycles. The summed E-state index contributed by atoms with van der Waals surface area (Å²) in [6.07, 6.45) is 0. The third kappa shape index (κ3) is 3.23. The lowest BCUT2D eigenvalue weighted by Gasteiger charge is -2.17. The van der Waals surface area contributed by atoms with E-state index in [1.165, 1.54) is 0 Å². The number of carbonyl (C=O) groups is 1. The molecule has 0 bridgehead atoms. The Kier molecular flexibility index (Phi) is 4.47. The second-order valence-electron chi connectivity index (χ2n) is 6.77. The molecule has 1 N–H and O–H groups in total. The van der Waals surface area contributed by atoms with Gasteiger partial charge >= 0.3 is 0 Å². The predicted molar refractivity (Wildman–Crippen MR) is 107 cm³/mol. The fraction of sp³-hybridized carbons (Fsp3) is 0.300. The number of nitrogens with zero attached hydrogens (tertiary/aromatic N) is 4. The number of rotatable bonds is 2. The highest BCUT2D eigenvalue weighted by molar-refractivity contribution is 8.01. The quantitative estimate of drug-likeness (QED) is 0.734. The average Bonchev–Trinajstić information content (AvgIpc) is 2.88. The molecule has 2 aromatic heterocycles. The molecule has 0 saturated carbocycles. The van der Waals surface area contributed by atoms with E-state index in [1.807, 2.05) is 52.0 Å². The number of aromatic nitrogens is 4. The van der Waals surface area contributed by atoms with E-state index in [1.54, 1.807) is 16.4 Å². The van der Waals surface area contributed by atoms with Crippen molar-refractivity contribution in [3.05, 3.63) is 64.6 Å². The zero-order valence-corrected chi connectivity index (χ0v) is 16.5. The summed E-state index contributed by atoms with van der Waals surface area (Å²) in [5, 5.41) is 7.57. The summed E-state index contributed by atoms with van der Waals surface area (Å²) in [5.74, 6) is 1.10. The zero-order valence-electron chi connectivity index (χ0n) is 15.7. The van der Waals surface area contributed by atoms with Crippen LogP contribution < -0.4 is 5.32 Å². The molecule has 27 heavy (non-hydrogen) atoms. The Morgan fingerprint density at radius 1 is 1.07 bits per heavy atom. The normalized spacial score (nSPS) is 19.3. The number of hydrogen-bond donors (Lipinski definition) is 1. The van der Waals surface area contributed by atoms with Gasteiger partial charge in [0, 0.05) is 17.0 Å². The maximum atomic E-state index is 12.7. The van der Waals surface area contributed by atoms with Crippen LogP contribution in [0.25, 0.3) is 5.95 Å². The van der Waals surface area contributed by atoms with Crippen molar-refractivity contribution in [3.63, 3.8) is 0 Å². The Morgan fingerprint density at radius 2 is 1.74 bits per heavy atom. The predicted octanol–water partition coefficient (Wildman–Crippen LogP) is 3.75. The van der Waals surface area contributed by atoms with Gasteiger partial charge in [-0.25, -0.2) is 9.97 Å². The number of aryl methyl sites for hydroxylation is 3. The molecule has 0 spiro atoms. The average molecular weight is 379 g/mol. The molecule has 0 unspecified atom stereocenters. The summed E-state index contributed by atoms with van der Waals surface area (Å²) < 4.78 is 1.66. The molecule has 3 heterocycles. The number of carbonyl (C=O) groups excluding carboxylic acids is 1. The minimum atomic E-state index is -0.185. The number of nitrogens with one attached hydrogen (secondary N) is 1. The van der Waals surface area contributed by atoms with Gasteiger partial charge in [-0.15, -0.1) is 11.8 Å². The third-order valence-electron chi connectivity index (χ3n) is 4.58. The van der Waals surface area contributed by atoms with E-state index in [4.69, 9.17) is 0 Å². The fourth-order valence-electron chi connectivity index (χ4n) is 3.35. The molecule has 1 aromatic carbocycles. The monoisotopic (exact) mass is 379 g/mol. The van der Waals surface area contributed by atoms with E-state index >= 15 is 0 Å². The summed E-state index contributed by atoms with van der Waals surface area (Å²) in [5.41, 5.74) is 4.75. The Hall–Kier alpha value is -2.67. The maximum absolute atomic E-state index is 12.7. The van der Waals surface area contributed by atoms with Crippen LogP contribution in [0.15, 0.2) is 36.4 Å². The molecule has 6 nitrogen and oxygen atoms in total. The third-order valence-corrected chi connectivity index (χ3v) is 5.98.